The van der Waals surface area contributed by atoms with E-state index in [2.05, 4.69) is 15.6 Å². The zero-order chi connectivity index (χ0) is 26.9. The Balaban J connectivity index is 0.000000747. The first-order valence-electron chi connectivity index (χ1n) is 11.8. The molecule has 0 aliphatic carbocycles. The van der Waals surface area contributed by atoms with Crippen molar-refractivity contribution < 1.29 is 28.6 Å². The van der Waals surface area contributed by atoms with E-state index in [-0.39, 0.29) is 41.6 Å². The van der Waals surface area contributed by atoms with Crippen molar-refractivity contribution in [3.05, 3.63) is 51.4 Å². The van der Waals surface area contributed by atoms with E-state index < -0.39 is 29.1 Å². The van der Waals surface area contributed by atoms with Crippen molar-refractivity contribution in [2.24, 2.45) is 7.05 Å². The van der Waals surface area contributed by atoms with Crippen molar-refractivity contribution >= 4 is 56.9 Å². The van der Waals surface area contributed by atoms with Crippen LogP contribution in [0.3, 0.4) is 0 Å². The molecule has 9 nitrogen and oxygen atoms in total. The number of amides is 1. The first kappa shape index (κ1) is 27.2. The number of nitrogens with zero attached hydrogens (tertiary/aromatic N) is 3. The number of piperidine rings is 1. The largest absolute Gasteiger partial charge is 0.481 e. The number of hydrogen-bond acceptors (Lipinski definition) is 6. The Kier molecular flexibility index (Phi) is 7.99. The fraction of sp³-hybridized carbons (Fsp3) is 0.400. The van der Waals surface area contributed by atoms with E-state index in [1.807, 2.05) is 22.6 Å². The lowest BCUT2D eigenvalue weighted by molar-refractivity contribution is -0.134. The Morgan fingerprint density at radius 1 is 1.24 bits per heavy atom. The summed E-state index contributed by atoms with van der Waals surface area (Å²) in [7, 11) is 1.71. The van der Waals surface area contributed by atoms with Crippen LogP contribution in [0.15, 0.2) is 30.6 Å². The van der Waals surface area contributed by atoms with Gasteiger partial charge in [0, 0.05) is 23.6 Å². The molecule has 5 rings (SSSR count). The number of carboxylic acids is 1. The van der Waals surface area contributed by atoms with E-state index in [0.717, 1.165) is 32.7 Å². The molecule has 1 amide bonds. The summed E-state index contributed by atoms with van der Waals surface area (Å²) in [6, 6.07) is 6.03. The van der Waals surface area contributed by atoms with Crippen LogP contribution in [-0.4, -0.2) is 67.8 Å². The highest BCUT2D eigenvalue weighted by Gasteiger charge is 2.49. The number of aromatic nitrogens is 2. The van der Waals surface area contributed by atoms with Crippen LogP contribution in [0.25, 0.3) is 11.0 Å². The van der Waals surface area contributed by atoms with Crippen LogP contribution in [0.4, 0.5) is 20.2 Å². The molecule has 12 heteroatoms. The number of fused-ring (bicyclic) bond motifs is 1. The number of aliphatic carboxylic acids is 1. The zero-order valence-corrected chi connectivity index (χ0v) is 22.6. The number of rotatable bonds is 4. The second-order valence-corrected chi connectivity index (χ2v) is 10.6. The maximum atomic E-state index is 15.5. The van der Waals surface area contributed by atoms with Crippen molar-refractivity contribution in [1.82, 2.24) is 19.8 Å². The van der Waals surface area contributed by atoms with Crippen LogP contribution in [0.2, 0.25) is 0 Å². The number of hydrogen-bond donors (Lipinski definition) is 4. The lowest BCUT2D eigenvalue weighted by Crippen LogP contribution is -2.72. The molecule has 3 heterocycles. The summed E-state index contributed by atoms with van der Waals surface area (Å²) in [5.41, 5.74) is -0.452. The van der Waals surface area contributed by atoms with E-state index in [9.17, 15) is 14.3 Å². The molecule has 37 heavy (non-hydrogen) atoms. The van der Waals surface area contributed by atoms with E-state index in [0.29, 0.717) is 9.09 Å². The van der Waals surface area contributed by atoms with Crippen molar-refractivity contribution in [3.8, 4) is 0 Å². The monoisotopic (exact) mass is 627 g/mol. The number of aliphatic hydroxyl groups is 1. The summed E-state index contributed by atoms with van der Waals surface area (Å²) < 4.78 is 32.4. The van der Waals surface area contributed by atoms with Gasteiger partial charge in [-0.15, -0.1) is 0 Å². The highest BCUT2D eigenvalue weighted by molar-refractivity contribution is 14.1. The fourth-order valence-corrected chi connectivity index (χ4v) is 5.15. The second kappa shape index (κ2) is 10.9. The molecular formula is C25H28F2IN5O4. The van der Waals surface area contributed by atoms with Crippen LogP contribution < -0.4 is 10.6 Å². The molecule has 0 saturated carbocycles. The molecule has 0 bridgehead atoms. The molecule has 2 fully saturated rings. The van der Waals surface area contributed by atoms with E-state index in [1.54, 1.807) is 23.7 Å². The highest BCUT2D eigenvalue weighted by Crippen LogP contribution is 2.36. The van der Waals surface area contributed by atoms with Crippen molar-refractivity contribution in [2.45, 2.75) is 37.8 Å². The van der Waals surface area contributed by atoms with E-state index in [1.165, 1.54) is 23.4 Å². The number of carbonyl (C=O) groups is 2. The van der Waals surface area contributed by atoms with Crippen LogP contribution in [-0.2, 0) is 11.8 Å². The van der Waals surface area contributed by atoms with Gasteiger partial charge in [-0.1, -0.05) is 6.42 Å². The number of anilines is 2. The number of likely N-dealkylation sites (tertiary alicyclic amines) is 1. The Morgan fingerprint density at radius 2 is 1.95 bits per heavy atom. The Labute approximate surface area is 226 Å². The molecule has 4 N–H and O–H groups in total. The summed E-state index contributed by atoms with van der Waals surface area (Å²) in [6.45, 7) is 2.25. The van der Waals surface area contributed by atoms with Crippen molar-refractivity contribution in [3.63, 3.8) is 0 Å². The molecule has 1 aromatic heterocycles. The smallest absolute Gasteiger partial charge is 0.300 e. The summed E-state index contributed by atoms with van der Waals surface area (Å²) in [5.74, 6) is -2.53. The fourth-order valence-electron chi connectivity index (χ4n) is 4.70. The zero-order valence-electron chi connectivity index (χ0n) is 20.4. The van der Waals surface area contributed by atoms with Crippen LogP contribution in [0.1, 0.15) is 36.5 Å². The van der Waals surface area contributed by atoms with Gasteiger partial charge in [0.05, 0.1) is 41.9 Å². The van der Waals surface area contributed by atoms with Gasteiger partial charge in [-0.05, 0) is 66.2 Å². The Morgan fingerprint density at radius 3 is 2.57 bits per heavy atom. The number of halogens is 3. The van der Waals surface area contributed by atoms with Crippen LogP contribution >= 0.6 is 22.6 Å². The van der Waals surface area contributed by atoms with Gasteiger partial charge in [0.2, 0.25) is 0 Å². The number of carbonyl (C=O) groups excluding carboxylic acids is 1. The molecule has 0 radical (unpaired) electrons. The molecule has 2 saturated heterocycles. The number of aryl methyl sites for hydroxylation is 1. The molecule has 1 atom stereocenters. The number of benzene rings is 2. The maximum Gasteiger partial charge on any atom is 0.300 e. The standard InChI is InChI=1S/C23H24F2IN5O2.C2H4O2/c1-30-12-28-21-17(30)9-14(20(19(21)25)29-16-6-5-13(26)8-15(16)24)22(32)31-10-23(33,11-31)18-4-2-3-7-27-18;1-2(3)4/h5-6,8-9,12,18,27,29,33H,2-4,7,10-11H2,1H3;1H3,(H,3,4)/t18-;/m0./s1. The summed E-state index contributed by atoms with van der Waals surface area (Å²) >= 11 is 1.99. The highest BCUT2D eigenvalue weighted by atomic mass is 127. The Hall–Kier alpha value is -2.84. The number of carboxylic acid groups (broad SMARTS) is 1. The maximum absolute atomic E-state index is 15.5. The molecule has 2 aliphatic rings. The quantitative estimate of drug-likeness (QED) is 0.327. The number of β-amino-alcohol motifs (C(OH)–C–C–N with tert-alkyl or cyclic N) is 1. The van der Waals surface area contributed by atoms with Crippen LogP contribution in [0, 0.1) is 15.2 Å². The Bertz CT molecular complexity index is 1330. The van der Waals surface area contributed by atoms with E-state index in [4.69, 9.17) is 9.90 Å². The minimum absolute atomic E-state index is 0.0603. The molecule has 2 aliphatic heterocycles. The second-order valence-electron chi connectivity index (χ2n) is 9.37. The topological polar surface area (TPSA) is 120 Å². The van der Waals surface area contributed by atoms with Gasteiger partial charge in [0.25, 0.3) is 11.9 Å². The summed E-state index contributed by atoms with van der Waals surface area (Å²) in [6.07, 6.45) is 4.43. The summed E-state index contributed by atoms with van der Waals surface area (Å²) in [4.78, 5) is 28.0. The normalized spacial score (nSPS) is 18.5. The number of nitrogens with one attached hydrogen (secondary N) is 2. The molecule has 0 unspecified atom stereocenters. The van der Waals surface area contributed by atoms with Gasteiger partial charge in [0.15, 0.2) is 5.82 Å². The first-order valence-corrected chi connectivity index (χ1v) is 12.9. The average Bonchev–Trinajstić information content (AvgIpc) is 3.20. The number of imidazole rings is 1. The first-order chi connectivity index (χ1) is 17.5. The van der Waals surface area contributed by atoms with Crippen molar-refractivity contribution in [1.29, 1.82) is 0 Å². The minimum Gasteiger partial charge on any atom is -0.481 e. The van der Waals surface area contributed by atoms with E-state index >= 15 is 4.39 Å². The lowest BCUT2D eigenvalue weighted by Gasteiger charge is -2.51. The SMILES string of the molecule is CC(=O)O.Cn1cnc2c(F)c(Nc3ccc(I)cc3F)c(C(=O)N3CC(O)([C@@H]4CCCCN4)C3)cc21. The van der Waals surface area contributed by atoms with Gasteiger partial charge in [0.1, 0.15) is 16.9 Å². The third-order valence-electron chi connectivity index (χ3n) is 6.56. The van der Waals surface area contributed by atoms with Gasteiger partial charge >= 0.3 is 0 Å². The average molecular weight is 627 g/mol. The predicted octanol–water partition coefficient (Wildman–Crippen LogP) is 3.62. The van der Waals surface area contributed by atoms with Gasteiger partial charge in [-0.25, -0.2) is 13.8 Å². The van der Waals surface area contributed by atoms with Crippen molar-refractivity contribution in [2.75, 3.05) is 25.0 Å². The third-order valence-corrected chi connectivity index (χ3v) is 7.23. The summed E-state index contributed by atoms with van der Waals surface area (Å²) in [5, 5.41) is 24.5. The predicted molar refractivity (Wildman–Crippen MR) is 143 cm³/mol. The minimum atomic E-state index is -0.999. The van der Waals surface area contributed by atoms with Gasteiger partial charge in [-0.2, -0.15) is 0 Å². The molecule has 2 aromatic carbocycles. The molecule has 3 aromatic rings. The third kappa shape index (κ3) is 5.70. The molecule has 0 spiro atoms. The van der Waals surface area contributed by atoms with Gasteiger partial charge in [-0.3, -0.25) is 9.59 Å². The van der Waals surface area contributed by atoms with Crippen LogP contribution in [0.5, 0.6) is 0 Å². The lowest BCUT2D eigenvalue weighted by atomic mass is 9.81. The molecular weight excluding hydrogens is 599 g/mol. The molecule has 198 valence electrons. The van der Waals surface area contributed by atoms with Gasteiger partial charge < -0.3 is 30.3 Å².